The molecule has 0 spiro atoms. The molecule has 8 nitrogen and oxygen atoms in total. The molecule has 1 aliphatic heterocycles. The summed E-state index contributed by atoms with van der Waals surface area (Å²) < 4.78 is -0.554. The number of aliphatic hydroxyl groups is 1. The van der Waals surface area contributed by atoms with Gasteiger partial charge in [-0.3, -0.25) is 19.7 Å². The van der Waals surface area contributed by atoms with Gasteiger partial charge in [0.15, 0.2) is 0 Å². The van der Waals surface area contributed by atoms with E-state index < -0.39 is 22.2 Å². The Bertz CT molecular complexity index is 1050. The molecular formula is C29H40N4O4S. The van der Waals surface area contributed by atoms with Crippen LogP contribution in [0.2, 0.25) is 0 Å². The van der Waals surface area contributed by atoms with Gasteiger partial charge < -0.3 is 21.1 Å². The van der Waals surface area contributed by atoms with Gasteiger partial charge in [-0.2, -0.15) is 0 Å². The second kappa shape index (κ2) is 14.3. The fraction of sp³-hybridized carbons (Fsp3) is 0.483. The van der Waals surface area contributed by atoms with Gasteiger partial charge in [-0.15, -0.1) is 11.8 Å². The SMILES string of the molecule is CCCCC(CO)NC(=O)[C@@H]1N[C@@H]([C@H](NC(=O)Cc2ccccc2)C(=O)NCc2ccccc2)SC1(C)C. The minimum atomic E-state index is -0.897. The van der Waals surface area contributed by atoms with E-state index in [9.17, 15) is 19.5 Å². The van der Waals surface area contributed by atoms with Crippen LogP contribution < -0.4 is 21.3 Å². The highest BCUT2D eigenvalue weighted by atomic mass is 32.2. The maximum Gasteiger partial charge on any atom is 0.245 e. The van der Waals surface area contributed by atoms with E-state index >= 15 is 0 Å². The molecule has 0 aromatic heterocycles. The third-order valence-electron chi connectivity index (χ3n) is 6.61. The standard InChI is InChI=1S/C29H40N4O4S/c1-4-5-16-22(19-34)31-27(37)25-29(2,3)38-28(33-25)24(26(36)30-18-21-14-10-7-11-15-21)32-23(35)17-20-12-8-6-9-13-20/h6-15,22,24-25,28,33-34H,4-5,16-19H2,1-3H3,(H,30,36)(H,31,37)(H,32,35)/t22?,24-,25+,28-/m1/s1. The highest BCUT2D eigenvalue weighted by Gasteiger charge is 2.49. The molecule has 1 aliphatic rings. The first-order valence-electron chi connectivity index (χ1n) is 13.2. The zero-order valence-corrected chi connectivity index (χ0v) is 23.2. The Kier molecular flexibility index (Phi) is 11.2. The van der Waals surface area contributed by atoms with Crippen LogP contribution in [-0.4, -0.2) is 57.7 Å². The Balaban J connectivity index is 1.73. The molecule has 3 rings (SSSR count). The lowest BCUT2D eigenvalue weighted by Gasteiger charge is -2.26. The summed E-state index contributed by atoms with van der Waals surface area (Å²) in [6.45, 7) is 6.15. The lowest BCUT2D eigenvalue weighted by atomic mass is 10.0. The van der Waals surface area contributed by atoms with Crippen molar-refractivity contribution in [3.8, 4) is 0 Å². The number of carbonyl (C=O) groups is 3. The minimum absolute atomic E-state index is 0.129. The van der Waals surface area contributed by atoms with Gasteiger partial charge in [-0.25, -0.2) is 0 Å². The number of thioether (sulfide) groups is 1. The minimum Gasteiger partial charge on any atom is -0.394 e. The molecule has 206 valence electrons. The van der Waals surface area contributed by atoms with E-state index in [1.165, 1.54) is 11.8 Å². The molecule has 3 amide bonds. The summed E-state index contributed by atoms with van der Waals surface area (Å²) in [7, 11) is 0. The third kappa shape index (κ3) is 8.58. The van der Waals surface area contributed by atoms with E-state index in [2.05, 4.69) is 28.2 Å². The molecule has 1 fully saturated rings. The van der Waals surface area contributed by atoms with Crippen molar-refractivity contribution in [3.05, 3.63) is 71.8 Å². The second-order valence-electron chi connectivity index (χ2n) is 10.2. The van der Waals surface area contributed by atoms with Gasteiger partial charge in [-0.1, -0.05) is 80.4 Å². The van der Waals surface area contributed by atoms with Crippen LogP contribution in [-0.2, 0) is 27.3 Å². The van der Waals surface area contributed by atoms with Crippen LogP contribution in [0, 0.1) is 0 Å². The highest BCUT2D eigenvalue weighted by molar-refractivity contribution is 8.01. The third-order valence-corrected chi connectivity index (χ3v) is 8.12. The molecule has 0 aliphatic carbocycles. The van der Waals surface area contributed by atoms with Gasteiger partial charge in [0, 0.05) is 11.3 Å². The van der Waals surface area contributed by atoms with Crippen LogP contribution in [0.1, 0.15) is 51.2 Å². The Labute approximate surface area is 229 Å². The van der Waals surface area contributed by atoms with Crippen molar-refractivity contribution in [3.63, 3.8) is 0 Å². The van der Waals surface area contributed by atoms with Crippen molar-refractivity contribution in [1.29, 1.82) is 0 Å². The summed E-state index contributed by atoms with van der Waals surface area (Å²) >= 11 is 1.45. The molecule has 0 saturated carbocycles. The molecule has 1 unspecified atom stereocenters. The molecule has 2 aromatic carbocycles. The first-order chi connectivity index (χ1) is 18.2. The Morgan fingerprint density at radius 2 is 1.63 bits per heavy atom. The van der Waals surface area contributed by atoms with Gasteiger partial charge in [-0.05, 0) is 31.4 Å². The summed E-state index contributed by atoms with van der Waals surface area (Å²) in [4.78, 5) is 39.6. The molecule has 0 radical (unpaired) electrons. The molecule has 1 heterocycles. The maximum atomic E-state index is 13.4. The molecule has 0 bridgehead atoms. The van der Waals surface area contributed by atoms with Crippen LogP contribution >= 0.6 is 11.8 Å². The monoisotopic (exact) mass is 540 g/mol. The maximum absolute atomic E-state index is 13.4. The van der Waals surface area contributed by atoms with Gasteiger partial charge in [0.25, 0.3) is 0 Å². The molecule has 2 aromatic rings. The largest absolute Gasteiger partial charge is 0.394 e. The number of unbranched alkanes of at least 4 members (excludes halogenated alkanes) is 1. The van der Waals surface area contributed by atoms with Gasteiger partial charge in [0.05, 0.1) is 24.4 Å². The fourth-order valence-corrected chi connectivity index (χ4v) is 5.97. The number of benzene rings is 2. The predicted octanol–water partition coefficient (Wildman–Crippen LogP) is 2.51. The van der Waals surface area contributed by atoms with Gasteiger partial charge in [0.2, 0.25) is 17.7 Å². The fourth-order valence-electron chi connectivity index (χ4n) is 4.47. The number of hydrogen-bond donors (Lipinski definition) is 5. The van der Waals surface area contributed by atoms with E-state index in [0.29, 0.717) is 13.0 Å². The van der Waals surface area contributed by atoms with Crippen molar-refractivity contribution >= 4 is 29.5 Å². The number of rotatable bonds is 13. The average molecular weight is 541 g/mol. The highest BCUT2D eigenvalue weighted by Crippen LogP contribution is 2.39. The molecule has 9 heteroatoms. The van der Waals surface area contributed by atoms with Crippen molar-refractivity contribution in [1.82, 2.24) is 21.3 Å². The number of carbonyl (C=O) groups excluding carboxylic acids is 3. The van der Waals surface area contributed by atoms with Crippen LogP contribution in [0.25, 0.3) is 0 Å². The summed E-state index contributed by atoms with van der Waals surface area (Å²) in [5, 5.41) is 21.3. The van der Waals surface area contributed by atoms with Crippen LogP contribution in [0.15, 0.2) is 60.7 Å². The molecular weight excluding hydrogens is 500 g/mol. The Morgan fingerprint density at radius 3 is 2.24 bits per heavy atom. The topological polar surface area (TPSA) is 120 Å². The molecule has 4 atom stereocenters. The lowest BCUT2D eigenvalue weighted by Crippen LogP contribution is -2.58. The van der Waals surface area contributed by atoms with Crippen LogP contribution in [0.5, 0.6) is 0 Å². The Hall–Kier alpha value is -2.88. The van der Waals surface area contributed by atoms with E-state index in [-0.39, 0.29) is 36.8 Å². The lowest BCUT2D eigenvalue weighted by molar-refractivity contribution is -0.129. The molecule has 5 N–H and O–H groups in total. The number of aliphatic hydroxyl groups excluding tert-OH is 1. The Morgan fingerprint density at radius 1 is 1.00 bits per heavy atom. The average Bonchev–Trinajstić information content (AvgIpc) is 3.24. The van der Waals surface area contributed by atoms with E-state index in [1.54, 1.807) is 0 Å². The van der Waals surface area contributed by atoms with Gasteiger partial charge >= 0.3 is 0 Å². The van der Waals surface area contributed by atoms with Crippen LogP contribution in [0.3, 0.4) is 0 Å². The van der Waals surface area contributed by atoms with Crippen molar-refractivity contribution in [2.45, 2.75) is 81.2 Å². The zero-order chi connectivity index (χ0) is 27.5. The summed E-state index contributed by atoms with van der Waals surface area (Å²) in [5.74, 6) is -0.823. The van der Waals surface area contributed by atoms with Crippen molar-refractivity contribution in [2.24, 2.45) is 0 Å². The smallest absolute Gasteiger partial charge is 0.245 e. The quantitative estimate of drug-likeness (QED) is 0.266. The second-order valence-corrected chi connectivity index (χ2v) is 12.0. The first kappa shape index (κ1) is 29.7. The van der Waals surface area contributed by atoms with Crippen molar-refractivity contribution < 1.29 is 19.5 Å². The first-order valence-corrected chi connectivity index (χ1v) is 14.1. The summed E-state index contributed by atoms with van der Waals surface area (Å²) in [6.07, 6.45) is 2.72. The van der Waals surface area contributed by atoms with E-state index in [0.717, 1.165) is 24.0 Å². The summed E-state index contributed by atoms with van der Waals surface area (Å²) in [6, 6.07) is 17.1. The molecule has 38 heavy (non-hydrogen) atoms. The summed E-state index contributed by atoms with van der Waals surface area (Å²) in [5.41, 5.74) is 1.79. The molecule has 1 saturated heterocycles. The van der Waals surface area contributed by atoms with E-state index in [4.69, 9.17) is 0 Å². The van der Waals surface area contributed by atoms with Gasteiger partial charge in [0.1, 0.15) is 12.1 Å². The predicted molar refractivity (Wildman–Crippen MR) is 151 cm³/mol. The number of amides is 3. The number of hydrogen-bond acceptors (Lipinski definition) is 6. The normalized spacial score (nSPS) is 19.8. The van der Waals surface area contributed by atoms with Crippen molar-refractivity contribution in [2.75, 3.05) is 6.61 Å². The number of nitrogens with one attached hydrogen (secondary N) is 4. The zero-order valence-electron chi connectivity index (χ0n) is 22.4. The van der Waals surface area contributed by atoms with E-state index in [1.807, 2.05) is 74.5 Å². The van der Waals surface area contributed by atoms with Crippen LogP contribution in [0.4, 0.5) is 0 Å².